The van der Waals surface area contributed by atoms with E-state index in [0.717, 1.165) is 0 Å². The van der Waals surface area contributed by atoms with Crippen molar-refractivity contribution in [3.63, 3.8) is 0 Å². The summed E-state index contributed by atoms with van der Waals surface area (Å²) < 4.78 is 10.1. The zero-order valence-electron chi connectivity index (χ0n) is 10.2. The summed E-state index contributed by atoms with van der Waals surface area (Å²) in [5, 5.41) is 10.3. The first kappa shape index (κ1) is 12.2. The number of hydrogen-bond acceptors (Lipinski definition) is 5. The summed E-state index contributed by atoms with van der Waals surface area (Å²) in [5.74, 6) is -0.489. The molecule has 0 unspecified atom stereocenters. The Labute approximate surface area is 103 Å². The first-order valence-electron chi connectivity index (χ1n) is 5.31. The number of methoxy groups -OCH3 is 1. The van der Waals surface area contributed by atoms with Crippen LogP contribution in [0.3, 0.4) is 0 Å². The number of phenols is 1. The minimum atomic E-state index is -0.546. The SMILES string of the molecule is COc1c(O)cc2c(C)cc(=O)oc2c1C(C)=O. The number of aryl methyl sites for hydroxylation is 1. The summed E-state index contributed by atoms with van der Waals surface area (Å²) in [4.78, 5) is 23.0. The Morgan fingerprint density at radius 3 is 2.61 bits per heavy atom. The molecule has 0 saturated carbocycles. The van der Waals surface area contributed by atoms with Crippen molar-refractivity contribution in [1.82, 2.24) is 0 Å². The van der Waals surface area contributed by atoms with Crippen LogP contribution in [0.5, 0.6) is 11.5 Å². The highest BCUT2D eigenvalue weighted by Gasteiger charge is 2.20. The lowest BCUT2D eigenvalue weighted by Gasteiger charge is -2.11. The van der Waals surface area contributed by atoms with Gasteiger partial charge in [0.05, 0.1) is 7.11 Å². The molecule has 0 amide bonds. The molecule has 0 spiro atoms. The molecule has 0 aliphatic carbocycles. The van der Waals surface area contributed by atoms with Gasteiger partial charge >= 0.3 is 5.63 Å². The van der Waals surface area contributed by atoms with Crippen molar-refractivity contribution >= 4 is 16.8 Å². The number of fused-ring (bicyclic) bond motifs is 1. The summed E-state index contributed by atoms with van der Waals surface area (Å²) in [7, 11) is 1.33. The van der Waals surface area contributed by atoms with Gasteiger partial charge in [-0.1, -0.05) is 0 Å². The highest BCUT2D eigenvalue weighted by atomic mass is 16.5. The maximum absolute atomic E-state index is 11.7. The van der Waals surface area contributed by atoms with Crippen molar-refractivity contribution in [1.29, 1.82) is 0 Å². The maximum atomic E-state index is 11.7. The van der Waals surface area contributed by atoms with E-state index in [1.165, 1.54) is 26.2 Å². The van der Waals surface area contributed by atoms with Gasteiger partial charge in [-0.3, -0.25) is 4.79 Å². The van der Waals surface area contributed by atoms with Gasteiger partial charge in [0, 0.05) is 11.5 Å². The molecule has 18 heavy (non-hydrogen) atoms. The third-order valence-electron chi connectivity index (χ3n) is 2.73. The predicted octanol–water partition coefficient (Wildman–Crippen LogP) is 2.02. The lowest BCUT2D eigenvalue weighted by atomic mass is 10.0. The Balaban J connectivity index is 3.06. The van der Waals surface area contributed by atoms with Crippen molar-refractivity contribution in [2.75, 3.05) is 7.11 Å². The van der Waals surface area contributed by atoms with Crippen molar-refractivity contribution in [2.24, 2.45) is 0 Å². The number of hydrogen-bond donors (Lipinski definition) is 1. The van der Waals surface area contributed by atoms with Gasteiger partial charge in [-0.05, 0) is 25.5 Å². The molecule has 0 radical (unpaired) electrons. The number of rotatable bonds is 2. The number of benzene rings is 1. The minimum absolute atomic E-state index is 0.0174. The molecular weight excluding hydrogens is 236 g/mol. The molecule has 0 aliphatic heterocycles. The van der Waals surface area contributed by atoms with Crippen LogP contribution >= 0.6 is 0 Å². The van der Waals surface area contributed by atoms with Crippen LogP contribution in [0.1, 0.15) is 22.8 Å². The van der Waals surface area contributed by atoms with E-state index in [-0.39, 0.29) is 28.4 Å². The van der Waals surface area contributed by atoms with Gasteiger partial charge in [0.2, 0.25) is 0 Å². The third-order valence-corrected chi connectivity index (χ3v) is 2.73. The van der Waals surface area contributed by atoms with E-state index in [1.807, 2.05) is 0 Å². The molecule has 5 nitrogen and oxygen atoms in total. The van der Waals surface area contributed by atoms with Gasteiger partial charge < -0.3 is 14.3 Å². The largest absolute Gasteiger partial charge is 0.504 e. The molecule has 2 aromatic rings. The van der Waals surface area contributed by atoms with Crippen LogP contribution < -0.4 is 10.4 Å². The van der Waals surface area contributed by atoms with E-state index >= 15 is 0 Å². The number of carbonyl (C=O) groups is 1. The number of ketones is 1. The second kappa shape index (κ2) is 4.18. The smallest absolute Gasteiger partial charge is 0.336 e. The van der Waals surface area contributed by atoms with Crippen LogP contribution in [0, 0.1) is 6.92 Å². The zero-order valence-corrected chi connectivity index (χ0v) is 10.2. The zero-order chi connectivity index (χ0) is 13.4. The average Bonchev–Trinajstić information content (AvgIpc) is 2.28. The lowest BCUT2D eigenvalue weighted by molar-refractivity contribution is 0.101. The molecule has 5 heteroatoms. The molecule has 94 valence electrons. The van der Waals surface area contributed by atoms with Crippen molar-refractivity contribution in [2.45, 2.75) is 13.8 Å². The molecule has 0 bridgehead atoms. The number of Topliss-reactive ketones (excluding diaryl/α,β-unsaturated/α-hetero) is 1. The van der Waals surface area contributed by atoms with Gasteiger partial charge in [0.25, 0.3) is 0 Å². The minimum Gasteiger partial charge on any atom is -0.504 e. The van der Waals surface area contributed by atoms with E-state index in [1.54, 1.807) is 6.92 Å². The van der Waals surface area contributed by atoms with Crippen LogP contribution in [0.2, 0.25) is 0 Å². The molecule has 1 aromatic heterocycles. The molecule has 0 fully saturated rings. The third kappa shape index (κ3) is 1.73. The topological polar surface area (TPSA) is 76.7 Å². The fraction of sp³-hybridized carbons (Fsp3) is 0.231. The Morgan fingerprint density at radius 1 is 1.39 bits per heavy atom. The first-order valence-corrected chi connectivity index (χ1v) is 5.31. The summed E-state index contributed by atoms with van der Waals surface area (Å²) in [6.07, 6.45) is 0. The standard InChI is InChI=1S/C13H12O5/c1-6-4-10(16)18-12-8(6)5-9(15)13(17-3)11(12)7(2)14/h4-5,15H,1-3H3. The highest BCUT2D eigenvalue weighted by molar-refractivity contribution is 6.08. The lowest BCUT2D eigenvalue weighted by Crippen LogP contribution is -2.04. The van der Waals surface area contributed by atoms with E-state index < -0.39 is 5.63 Å². The Hall–Kier alpha value is -2.30. The summed E-state index contributed by atoms with van der Waals surface area (Å²) in [6.45, 7) is 3.02. The molecule has 1 aromatic carbocycles. The second-order valence-electron chi connectivity index (χ2n) is 3.99. The monoisotopic (exact) mass is 248 g/mol. The van der Waals surface area contributed by atoms with E-state index in [4.69, 9.17) is 9.15 Å². The van der Waals surface area contributed by atoms with Crippen LogP contribution in [0.25, 0.3) is 11.0 Å². The van der Waals surface area contributed by atoms with E-state index in [9.17, 15) is 14.7 Å². The van der Waals surface area contributed by atoms with Gasteiger partial charge in [0.15, 0.2) is 22.9 Å². The number of carbonyl (C=O) groups excluding carboxylic acids is 1. The van der Waals surface area contributed by atoms with Gasteiger partial charge in [-0.25, -0.2) is 4.79 Å². The van der Waals surface area contributed by atoms with Gasteiger partial charge in [-0.15, -0.1) is 0 Å². The normalized spacial score (nSPS) is 10.6. The van der Waals surface area contributed by atoms with Crippen molar-refractivity contribution in [3.8, 4) is 11.5 Å². The molecule has 0 saturated heterocycles. The molecule has 2 rings (SSSR count). The Morgan fingerprint density at radius 2 is 2.06 bits per heavy atom. The van der Waals surface area contributed by atoms with E-state index in [0.29, 0.717) is 10.9 Å². The fourth-order valence-electron chi connectivity index (χ4n) is 1.94. The van der Waals surface area contributed by atoms with Crippen LogP contribution in [0.15, 0.2) is 21.3 Å². The van der Waals surface area contributed by atoms with Gasteiger partial charge in [-0.2, -0.15) is 0 Å². The van der Waals surface area contributed by atoms with Crippen LogP contribution in [-0.4, -0.2) is 18.0 Å². The molecule has 0 atom stereocenters. The maximum Gasteiger partial charge on any atom is 0.336 e. The molecular formula is C13H12O5. The number of aromatic hydroxyl groups is 1. The quantitative estimate of drug-likeness (QED) is 0.649. The molecule has 0 aliphatic rings. The van der Waals surface area contributed by atoms with E-state index in [2.05, 4.69) is 0 Å². The summed E-state index contributed by atoms with van der Waals surface area (Å²) in [6, 6.07) is 2.72. The molecule has 1 heterocycles. The Kier molecular flexibility index (Phi) is 2.82. The number of phenolic OH excluding ortho intramolecular Hbond substituents is 1. The molecule has 1 N–H and O–H groups in total. The Bertz CT molecular complexity index is 697. The average molecular weight is 248 g/mol. The van der Waals surface area contributed by atoms with Crippen molar-refractivity contribution in [3.05, 3.63) is 33.7 Å². The second-order valence-corrected chi connectivity index (χ2v) is 3.99. The summed E-state index contributed by atoms with van der Waals surface area (Å²) in [5.41, 5.74) is 0.299. The van der Waals surface area contributed by atoms with Crippen molar-refractivity contribution < 1.29 is 19.1 Å². The predicted molar refractivity (Wildman–Crippen MR) is 65.4 cm³/mol. The fourth-order valence-corrected chi connectivity index (χ4v) is 1.94. The van der Waals surface area contributed by atoms with Crippen LogP contribution in [-0.2, 0) is 0 Å². The van der Waals surface area contributed by atoms with Crippen LogP contribution in [0.4, 0.5) is 0 Å². The summed E-state index contributed by atoms with van der Waals surface area (Å²) >= 11 is 0. The first-order chi connectivity index (χ1) is 8.45. The number of ether oxygens (including phenoxy) is 1. The highest BCUT2D eigenvalue weighted by Crippen LogP contribution is 2.37. The van der Waals surface area contributed by atoms with Gasteiger partial charge in [0.1, 0.15) is 5.56 Å².